The fourth-order valence-electron chi connectivity index (χ4n) is 6.57. The third kappa shape index (κ3) is 5.96. The molecule has 5 rings (SSSR count). The van der Waals surface area contributed by atoms with Gasteiger partial charge in [-0.05, 0) is 73.6 Å². The van der Waals surface area contributed by atoms with E-state index in [-0.39, 0.29) is 36.9 Å². The van der Waals surface area contributed by atoms with Crippen LogP contribution in [-0.2, 0) is 26.7 Å². The molecule has 0 aromatic heterocycles. The Morgan fingerprint density at radius 1 is 0.977 bits per heavy atom. The van der Waals surface area contributed by atoms with Gasteiger partial charge in [0.1, 0.15) is 5.75 Å². The fourth-order valence-corrected chi connectivity index (χ4v) is 6.57. The monoisotopic (exact) mass is 607 g/mol. The maximum absolute atomic E-state index is 13.7. The summed E-state index contributed by atoms with van der Waals surface area (Å²) in [5.41, 5.74) is -0.0785. The highest BCUT2D eigenvalue weighted by Gasteiger charge is 2.58. The first-order valence-corrected chi connectivity index (χ1v) is 14.0. The molecule has 0 radical (unpaired) electrons. The zero-order chi connectivity index (χ0) is 31.4. The summed E-state index contributed by atoms with van der Waals surface area (Å²) in [5.74, 6) is -3.79. The number of rotatable bonds is 6. The van der Waals surface area contributed by atoms with Crippen molar-refractivity contribution < 1.29 is 45.8 Å². The Morgan fingerprint density at radius 2 is 1.58 bits per heavy atom. The lowest BCUT2D eigenvalue weighted by molar-refractivity contribution is -0.143. The Bertz CT molecular complexity index is 1460. The molecule has 0 spiro atoms. The number of hydrogen-bond donors (Lipinski definition) is 1. The number of benzene rings is 2. The molecular weight excluding hydrogens is 576 g/mol. The van der Waals surface area contributed by atoms with Gasteiger partial charge in [-0.15, -0.1) is 0 Å². The number of hydrogen-bond acceptors (Lipinski definition) is 4. The van der Waals surface area contributed by atoms with E-state index in [4.69, 9.17) is 4.74 Å². The van der Waals surface area contributed by atoms with Gasteiger partial charge in [-0.1, -0.05) is 43.2 Å². The maximum atomic E-state index is 13.7. The first kappa shape index (κ1) is 30.8. The van der Waals surface area contributed by atoms with E-state index >= 15 is 0 Å². The molecule has 2 aromatic rings. The normalized spacial score (nSPS) is 24.7. The first-order chi connectivity index (χ1) is 20.1. The van der Waals surface area contributed by atoms with E-state index < -0.39 is 58.7 Å². The highest BCUT2D eigenvalue weighted by atomic mass is 19.4. The van der Waals surface area contributed by atoms with Crippen molar-refractivity contribution in [3.8, 4) is 5.75 Å². The Morgan fingerprint density at radius 3 is 2.14 bits per heavy atom. The van der Waals surface area contributed by atoms with Crippen molar-refractivity contribution in [2.45, 2.75) is 58.5 Å². The Balaban J connectivity index is 1.44. The van der Waals surface area contributed by atoms with Crippen LogP contribution in [0.15, 0.2) is 59.2 Å². The number of fused-ring (bicyclic) bond motifs is 3. The molecule has 2 fully saturated rings. The molecule has 11 heteroatoms. The minimum atomic E-state index is -5.12. The summed E-state index contributed by atoms with van der Waals surface area (Å²) >= 11 is 0. The van der Waals surface area contributed by atoms with E-state index in [1.165, 1.54) is 0 Å². The largest absolute Gasteiger partial charge is 0.508 e. The van der Waals surface area contributed by atoms with Gasteiger partial charge < -0.3 is 9.84 Å². The molecule has 0 unspecified atom stereocenters. The number of amides is 2. The Labute approximate surface area is 244 Å². The van der Waals surface area contributed by atoms with Crippen molar-refractivity contribution in [1.29, 1.82) is 0 Å². The van der Waals surface area contributed by atoms with Gasteiger partial charge >= 0.3 is 12.4 Å². The van der Waals surface area contributed by atoms with E-state index in [9.17, 15) is 41.0 Å². The lowest BCUT2D eigenvalue weighted by atomic mass is 9.67. The van der Waals surface area contributed by atoms with Crippen LogP contribution < -0.4 is 4.90 Å². The highest BCUT2D eigenvalue weighted by Crippen LogP contribution is 2.52. The van der Waals surface area contributed by atoms with Crippen molar-refractivity contribution in [1.82, 2.24) is 0 Å². The molecule has 3 aliphatic rings. The molecule has 2 saturated heterocycles. The molecule has 2 heterocycles. The van der Waals surface area contributed by atoms with Crippen LogP contribution in [0.3, 0.4) is 0 Å². The van der Waals surface area contributed by atoms with Gasteiger partial charge in [-0.3, -0.25) is 9.59 Å². The molecule has 2 amide bonds. The number of ether oxygens (including phenoxy) is 1. The van der Waals surface area contributed by atoms with E-state index in [2.05, 4.69) is 0 Å². The number of nitrogens with zero attached hydrogens (tertiary/aromatic N) is 1. The third-order valence-electron chi connectivity index (χ3n) is 8.58. The van der Waals surface area contributed by atoms with Crippen LogP contribution in [0.4, 0.5) is 32.0 Å². The number of carbonyl (C=O) groups excluding carboxylic acids is 2. The number of anilines is 1. The van der Waals surface area contributed by atoms with Gasteiger partial charge in [0.2, 0.25) is 11.8 Å². The fraction of sp³-hybridized carbons (Fsp3) is 0.438. The van der Waals surface area contributed by atoms with Crippen LogP contribution in [-0.4, -0.2) is 29.6 Å². The molecule has 5 nitrogen and oxygen atoms in total. The van der Waals surface area contributed by atoms with Crippen LogP contribution in [0.5, 0.6) is 5.75 Å². The second-order valence-corrected chi connectivity index (χ2v) is 11.8. The van der Waals surface area contributed by atoms with Crippen LogP contribution in [0, 0.1) is 23.7 Å². The molecule has 1 N–H and O–H groups in total. The number of imide groups is 1. The SMILES string of the molecule is C/C(=C\c1ccc(O)cc1)CC[C@H]1OC[C@H]2C1=C(C(C)C)C[C@H]1C(=O)N(c3cc(C(F)(F)F)cc(C(F)(F)F)c3)C(=O)[C@H]12. The van der Waals surface area contributed by atoms with E-state index in [0.29, 0.717) is 29.9 Å². The quantitative estimate of drug-likeness (QED) is 0.207. The number of halogens is 6. The summed E-state index contributed by atoms with van der Waals surface area (Å²) < 4.78 is 87.4. The van der Waals surface area contributed by atoms with Crippen molar-refractivity contribution in [3.05, 3.63) is 75.9 Å². The molecule has 230 valence electrons. The third-order valence-corrected chi connectivity index (χ3v) is 8.58. The maximum Gasteiger partial charge on any atom is 0.416 e. The topological polar surface area (TPSA) is 66.8 Å². The van der Waals surface area contributed by atoms with Crippen molar-refractivity contribution >= 4 is 23.6 Å². The second kappa shape index (κ2) is 11.2. The molecule has 43 heavy (non-hydrogen) atoms. The smallest absolute Gasteiger partial charge is 0.416 e. The zero-order valence-electron chi connectivity index (χ0n) is 23.7. The molecule has 1 aliphatic carbocycles. The number of phenols is 1. The van der Waals surface area contributed by atoms with Gasteiger partial charge in [0.05, 0.1) is 41.4 Å². The minimum absolute atomic E-state index is 0.0152. The first-order valence-electron chi connectivity index (χ1n) is 14.0. The Hall–Kier alpha value is -3.60. The minimum Gasteiger partial charge on any atom is -0.508 e. The summed E-state index contributed by atoms with van der Waals surface area (Å²) in [6.07, 6.45) is -7.15. The Kier molecular flexibility index (Phi) is 8.00. The predicted octanol–water partition coefficient (Wildman–Crippen LogP) is 7.79. The summed E-state index contributed by atoms with van der Waals surface area (Å²) in [5, 5.41) is 9.51. The van der Waals surface area contributed by atoms with Crippen LogP contribution >= 0.6 is 0 Å². The number of carbonyl (C=O) groups is 2. The van der Waals surface area contributed by atoms with Crippen LogP contribution in [0.2, 0.25) is 0 Å². The number of aromatic hydroxyl groups is 1. The second-order valence-electron chi connectivity index (χ2n) is 11.8. The molecule has 0 bridgehead atoms. The average molecular weight is 608 g/mol. The highest BCUT2D eigenvalue weighted by molar-refractivity contribution is 6.22. The summed E-state index contributed by atoms with van der Waals surface area (Å²) in [7, 11) is 0. The van der Waals surface area contributed by atoms with Gasteiger partial charge in [0.15, 0.2) is 0 Å². The van der Waals surface area contributed by atoms with Crippen LogP contribution in [0.1, 0.15) is 56.7 Å². The van der Waals surface area contributed by atoms with Gasteiger partial charge in [-0.2, -0.15) is 26.3 Å². The van der Waals surface area contributed by atoms with E-state index in [0.717, 1.165) is 22.3 Å². The van der Waals surface area contributed by atoms with Crippen molar-refractivity contribution in [2.75, 3.05) is 11.5 Å². The van der Waals surface area contributed by atoms with Gasteiger partial charge in [-0.25, -0.2) is 4.90 Å². The van der Waals surface area contributed by atoms with Crippen LogP contribution in [0.25, 0.3) is 6.08 Å². The van der Waals surface area contributed by atoms with Gasteiger partial charge in [0, 0.05) is 5.92 Å². The molecule has 2 aliphatic heterocycles. The standard InChI is InChI=1S/C32H31F6NO4/c1-16(2)23-14-24-28(25-15-43-26(27(23)25)9-4-17(3)10-18-5-7-22(40)8-6-18)30(42)39(29(24)41)21-12-19(31(33,34)35)11-20(13-21)32(36,37)38/h5-8,10-13,16,24-26,28,40H,4,9,14-15H2,1-3H3/b17-10+/t24-,25+,26-,28-/m1/s1. The predicted molar refractivity (Wildman–Crippen MR) is 147 cm³/mol. The van der Waals surface area contributed by atoms with Gasteiger partial charge in [0.25, 0.3) is 0 Å². The zero-order valence-corrected chi connectivity index (χ0v) is 23.7. The van der Waals surface area contributed by atoms with E-state index in [1.54, 1.807) is 24.3 Å². The van der Waals surface area contributed by atoms with Crippen molar-refractivity contribution in [3.63, 3.8) is 0 Å². The molecule has 2 aromatic carbocycles. The molecule has 4 atom stereocenters. The lowest BCUT2D eigenvalue weighted by Crippen LogP contribution is -2.35. The van der Waals surface area contributed by atoms with E-state index in [1.807, 2.05) is 26.8 Å². The number of alkyl halides is 6. The molecule has 0 saturated carbocycles. The number of phenolic OH excluding ortho intramolecular Hbond substituents is 1. The summed E-state index contributed by atoms with van der Waals surface area (Å²) in [6, 6.07) is 7.60. The summed E-state index contributed by atoms with van der Waals surface area (Å²) in [4.78, 5) is 27.8. The average Bonchev–Trinajstić information content (AvgIpc) is 3.45. The summed E-state index contributed by atoms with van der Waals surface area (Å²) in [6.45, 7) is 6.00. The number of allylic oxidation sites excluding steroid dienone is 2. The van der Waals surface area contributed by atoms with Crippen molar-refractivity contribution in [2.24, 2.45) is 23.7 Å². The lowest BCUT2D eigenvalue weighted by Gasteiger charge is -2.33. The molecular formula is C32H31F6NO4.